The second-order valence-electron chi connectivity index (χ2n) is 5.62. The molecule has 6 nitrogen and oxygen atoms in total. The predicted octanol–water partition coefficient (Wildman–Crippen LogP) is 1.01. The highest BCUT2D eigenvalue weighted by molar-refractivity contribution is 5.93. The quantitative estimate of drug-likeness (QED) is 0.860. The molecule has 0 aromatic carbocycles. The van der Waals surface area contributed by atoms with E-state index in [9.17, 15) is 9.90 Å². The molecule has 1 fully saturated rings. The molecular formula is C13H20N4O2. The molecule has 1 aromatic rings. The summed E-state index contributed by atoms with van der Waals surface area (Å²) in [6.07, 6.45) is 1.39. The minimum atomic E-state index is -0.980. The first-order valence-electron chi connectivity index (χ1n) is 6.34. The first kappa shape index (κ1) is 13.7. The minimum absolute atomic E-state index is 0.00707. The number of aryl methyl sites for hydroxylation is 1. The smallest absolute Gasteiger partial charge is 0.341 e. The number of piperazine rings is 1. The molecule has 1 N–H and O–H groups in total. The van der Waals surface area contributed by atoms with Gasteiger partial charge in [-0.15, -0.1) is 0 Å². The first-order chi connectivity index (χ1) is 8.81. The molecule has 0 unspecified atom stereocenters. The zero-order valence-corrected chi connectivity index (χ0v) is 11.8. The van der Waals surface area contributed by atoms with E-state index in [4.69, 9.17) is 0 Å². The third-order valence-electron chi connectivity index (χ3n) is 3.74. The molecule has 2 rings (SSSR count). The second kappa shape index (κ2) is 4.77. The maximum absolute atomic E-state index is 11.3. The lowest BCUT2D eigenvalue weighted by atomic mass is 9.99. The molecule has 1 aromatic heterocycles. The van der Waals surface area contributed by atoms with E-state index in [0.717, 1.165) is 19.6 Å². The number of hydrogen-bond donors (Lipinski definition) is 1. The molecule has 104 valence electrons. The van der Waals surface area contributed by atoms with Crippen LogP contribution in [0.2, 0.25) is 0 Å². The zero-order chi connectivity index (χ0) is 14.2. The maximum atomic E-state index is 11.3. The van der Waals surface area contributed by atoms with Crippen molar-refractivity contribution in [2.24, 2.45) is 0 Å². The van der Waals surface area contributed by atoms with Crippen molar-refractivity contribution < 1.29 is 9.90 Å². The fourth-order valence-corrected chi connectivity index (χ4v) is 2.27. The van der Waals surface area contributed by atoms with E-state index >= 15 is 0 Å². The molecule has 1 aliphatic heterocycles. The Hall–Kier alpha value is -1.69. The number of nitrogens with zero attached hydrogens (tertiary/aromatic N) is 4. The average Bonchev–Trinajstić information content (AvgIpc) is 2.32. The molecule has 0 aliphatic carbocycles. The lowest BCUT2D eigenvalue weighted by Crippen LogP contribution is -2.58. The SMILES string of the molecule is Cc1ncc(C(=O)O)c(N2CCN(C)C(C)(C)C2)n1. The number of aromatic carboxylic acids is 1. The van der Waals surface area contributed by atoms with Crippen LogP contribution in [0.4, 0.5) is 5.82 Å². The number of carboxylic acid groups (broad SMARTS) is 1. The normalized spacial score (nSPS) is 19.5. The third kappa shape index (κ3) is 2.68. The van der Waals surface area contributed by atoms with Gasteiger partial charge in [0.15, 0.2) is 0 Å². The van der Waals surface area contributed by atoms with Gasteiger partial charge in [0, 0.05) is 31.4 Å². The predicted molar refractivity (Wildman–Crippen MR) is 72.7 cm³/mol. The van der Waals surface area contributed by atoms with E-state index < -0.39 is 5.97 Å². The molecule has 0 saturated carbocycles. The van der Waals surface area contributed by atoms with Gasteiger partial charge in [0.05, 0.1) is 0 Å². The second-order valence-corrected chi connectivity index (χ2v) is 5.62. The van der Waals surface area contributed by atoms with Crippen LogP contribution in [0, 0.1) is 6.92 Å². The van der Waals surface area contributed by atoms with Crippen molar-refractivity contribution in [1.29, 1.82) is 0 Å². The third-order valence-corrected chi connectivity index (χ3v) is 3.74. The van der Waals surface area contributed by atoms with Gasteiger partial charge in [0.1, 0.15) is 17.2 Å². The molecule has 0 atom stereocenters. The van der Waals surface area contributed by atoms with Gasteiger partial charge in [-0.25, -0.2) is 14.8 Å². The number of aromatic nitrogens is 2. The summed E-state index contributed by atoms with van der Waals surface area (Å²) in [7, 11) is 2.08. The molecule has 1 aliphatic rings. The van der Waals surface area contributed by atoms with Gasteiger partial charge in [-0.2, -0.15) is 0 Å². The summed E-state index contributed by atoms with van der Waals surface area (Å²) in [5.41, 5.74) is 0.165. The summed E-state index contributed by atoms with van der Waals surface area (Å²) in [5.74, 6) is 0.143. The number of hydrogen-bond acceptors (Lipinski definition) is 5. The molecule has 19 heavy (non-hydrogen) atoms. The number of carboxylic acids is 1. The van der Waals surface area contributed by atoms with Gasteiger partial charge in [-0.3, -0.25) is 4.90 Å². The summed E-state index contributed by atoms with van der Waals surface area (Å²) >= 11 is 0. The van der Waals surface area contributed by atoms with Gasteiger partial charge < -0.3 is 10.0 Å². The van der Waals surface area contributed by atoms with Crippen LogP contribution < -0.4 is 4.90 Å². The Balaban J connectivity index is 2.36. The highest BCUT2D eigenvalue weighted by atomic mass is 16.4. The van der Waals surface area contributed by atoms with Crippen molar-refractivity contribution >= 4 is 11.8 Å². The molecule has 0 amide bonds. The van der Waals surface area contributed by atoms with E-state index in [-0.39, 0.29) is 11.1 Å². The molecule has 1 saturated heterocycles. The monoisotopic (exact) mass is 264 g/mol. The van der Waals surface area contributed by atoms with Gasteiger partial charge in [0.2, 0.25) is 0 Å². The average molecular weight is 264 g/mol. The van der Waals surface area contributed by atoms with Gasteiger partial charge in [-0.05, 0) is 27.8 Å². The Morgan fingerprint density at radius 1 is 1.42 bits per heavy atom. The summed E-state index contributed by atoms with van der Waals surface area (Å²) in [6.45, 7) is 8.48. The summed E-state index contributed by atoms with van der Waals surface area (Å²) < 4.78 is 0. The Morgan fingerprint density at radius 3 is 2.68 bits per heavy atom. The zero-order valence-electron chi connectivity index (χ0n) is 11.8. The van der Waals surface area contributed by atoms with Crippen LogP contribution in [0.1, 0.15) is 30.0 Å². The lowest BCUT2D eigenvalue weighted by Gasteiger charge is -2.46. The first-order valence-corrected chi connectivity index (χ1v) is 6.34. The van der Waals surface area contributed by atoms with Crippen LogP contribution in [0.3, 0.4) is 0 Å². The lowest BCUT2D eigenvalue weighted by molar-refractivity contribution is 0.0695. The van der Waals surface area contributed by atoms with Crippen molar-refractivity contribution in [3.63, 3.8) is 0 Å². The fourth-order valence-electron chi connectivity index (χ4n) is 2.27. The Bertz CT molecular complexity index is 501. The van der Waals surface area contributed by atoms with E-state index in [1.165, 1.54) is 6.20 Å². The van der Waals surface area contributed by atoms with Crippen molar-refractivity contribution in [2.45, 2.75) is 26.3 Å². The van der Waals surface area contributed by atoms with E-state index in [1.807, 2.05) is 4.90 Å². The molecule has 0 bridgehead atoms. The van der Waals surface area contributed by atoms with Crippen molar-refractivity contribution in [3.05, 3.63) is 17.6 Å². The number of rotatable bonds is 2. The fraction of sp³-hybridized carbons (Fsp3) is 0.615. The molecule has 6 heteroatoms. The molecule has 0 spiro atoms. The highest BCUT2D eigenvalue weighted by Gasteiger charge is 2.33. The van der Waals surface area contributed by atoms with Crippen LogP contribution in [0.25, 0.3) is 0 Å². The van der Waals surface area contributed by atoms with Gasteiger partial charge in [-0.1, -0.05) is 0 Å². The van der Waals surface area contributed by atoms with Gasteiger partial charge >= 0.3 is 5.97 Å². The molecular weight excluding hydrogens is 244 g/mol. The summed E-state index contributed by atoms with van der Waals surface area (Å²) in [5, 5.41) is 9.25. The van der Waals surface area contributed by atoms with Crippen LogP contribution in [0.15, 0.2) is 6.20 Å². The molecule has 0 radical (unpaired) electrons. The van der Waals surface area contributed by atoms with Crippen LogP contribution >= 0.6 is 0 Å². The van der Waals surface area contributed by atoms with Crippen LogP contribution in [-0.2, 0) is 0 Å². The summed E-state index contributed by atoms with van der Waals surface area (Å²) in [4.78, 5) is 23.9. The Kier molecular flexibility index (Phi) is 3.45. The van der Waals surface area contributed by atoms with Gasteiger partial charge in [0.25, 0.3) is 0 Å². The highest BCUT2D eigenvalue weighted by Crippen LogP contribution is 2.25. The van der Waals surface area contributed by atoms with Crippen molar-refractivity contribution in [3.8, 4) is 0 Å². The topological polar surface area (TPSA) is 69.6 Å². The number of likely N-dealkylation sites (N-methyl/N-ethyl adjacent to an activating group) is 1. The number of anilines is 1. The molecule has 2 heterocycles. The number of carbonyl (C=O) groups is 1. The summed E-state index contributed by atoms with van der Waals surface area (Å²) in [6, 6.07) is 0. The van der Waals surface area contributed by atoms with Crippen molar-refractivity contribution in [2.75, 3.05) is 31.6 Å². The van der Waals surface area contributed by atoms with E-state index in [1.54, 1.807) is 6.92 Å². The van der Waals surface area contributed by atoms with E-state index in [0.29, 0.717) is 11.6 Å². The largest absolute Gasteiger partial charge is 0.477 e. The minimum Gasteiger partial charge on any atom is -0.477 e. The Labute approximate surface area is 113 Å². The van der Waals surface area contributed by atoms with E-state index in [2.05, 4.69) is 35.8 Å². The van der Waals surface area contributed by atoms with Crippen molar-refractivity contribution in [1.82, 2.24) is 14.9 Å². The standard InChI is InChI=1S/C13H20N4O2/c1-9-14-7-10(12(18)19)11(15-9)17-6-5-16(4)13(2,3)8-17/h7H,5-6,8H2,1-4H3,(H,18,19). The maximum Gasteiger partial charge on any atom is 0.341 e. The van der Waals surface area contributed by atoms with Crippen LogP contribution in [-0.4, -0.2) is 58.2 Å². The van der Waals surface area contributed by atoms with Crippen LogP contribution in [0.5, 0.6) is 0 Å². The Morgan fingerprint density at radius 2 is 2.11 bits per heavy atom.